The number of aliphatic hydroxyl groups excluding tert-OH is 1. The van der Waals surface area contributed by atoms with E-state index >= 15 is 0 Å². The van der Waals surface area contributed by atoms with Crippen LogP contribution in [0.4, 0.5) is 0 Å². The van der Waals surface area contributed by atoms with Crippen molar-refractivity contribution in [3.05, 3.63) is 46.2 Å². The van der Waals surface area contributed by atoms with Crippen LogP contribution >= 0.6 is 0 Å². The van der Waals surface area contributed by atoms with Crippen molar-refractivity contribution >= 4 is 16.8 Å². The van der Waals surface area contributed by atoms with Crippen LogP contribution in [0.2, 0.25) is 0 Å². The second-order valence-electron chi connectivity index (χ2n) is 5.14. The second-order valence-corrected chi connectivity index (χ2v) is 5.14. The summed E-state index contributed by atoms with van der Waals surface area (Å²) in [5.41, 5.74) is 0.768. The van der Waals surface area contributed by atoms with Crippen molar-refractivity contribution < 1.29 is 9.90 Å². The number of aromatic amines is 1. The number of hydrogen-bond acceptors (Lipinski definition) is 3. The highest BCUT2D eigenvalue weighted by atomic mass is 16.3. The predicted octanol–water partition coefficient (Wildman–Crippen LogP) is 1.12. The van der Waals surface area contributed by atoms with Gasteiger partial charge in [0.2, 0.25) is 0 Å². The van der Waals surface area contributed by atoms with Gasteiger partial charge in [-0.25, -0.2) is 0 Å². The van der Waals surface area contributed by atoms with E-state index in [4.69, 9.17) is 0 Å². The second kappa shape index (κ2) is 5.09. The van der Waals surface area contributed by atoms with E-state index in [1.54, 1.807) is 23.1 Å². The lowest BCUT2D eigenvalue weighted by molar-refractivity contribution is 0.0469. The molecule has 0 aliphatic carbocycles. The van der Waals surface area contributed by atoms with Gasteiger partial charge in [-0.2, -0.15) is 0 Å². The van der Waals surface area contributed by atoms with E-state index in [1.807, 2.05) is 6.07 Å². The van der Waals surface area contributed by atoms with Gasteiger partial charge >= 0.3 is 0 Å². The molecule has 1 aliphatic rings. The summed E-state index contributed by atoms with van der Waals surface area (Å²) in [7, 11) is 0. The maximum Gasteiger partial charge on any atom is 0.270 e. The molecule has 0 radical (unpaired) electrons. The zero-order valence-electron chi connectivity index (χ0n) is 11.0. The average Bonchev–Trinajstić information content (AvgIpc) is 2.46. The van der Waals surface area contributed by atoms with E-state index in [9.17, 15) is 14.7 Å². The number of aromatic nitrogens is 1. The Bertz CT molecular complexity index is 708. The molecule has 5 nitrogen and oxygen atoms in total. The van der Waals surface area contributed by atoms with Gasteiger partial charge in [0.05, 0.1) is 6.10 Å². The zero-order chi connectivity index (χ0) is 14.1. The summed E-state index contributed by atoms with van der Waals surface area (Å²) in [4.78, 5) is 29.0. The molecule has 1 unspecified atom stereocenters. The van der Waals surface area contributed by atoms with Crippen molar-refractivity contribution in [2.75, 3.05) is 13.1 Å². The predicted molar refractivity (Wildman–Crippen MR) is 75.7 cm³/mol. The quantitative estimate of drug-likeness (QED) is 0.817. The summed E-state index contributed by atoms with van der Waals surface area (Å²) >= 11 is 0. The fourth-order valence-electron chi connectivity index (χ4n) is 2.62. The van der Waals surface area contributed by atoms with E-state index in [0.29, 0.717) is 24.0 Å². The van der Waals surface area contributed by atoms with Gasteiger partial charge in [-0.05, 0) is 25.0 Å². The Morgan fingerprint density at radius 3 is 2.95 bits per heavy atom. The molecule has 2 heterocycles. The van der Waals surface area contributed by atoms with Crippen LogP contribution in [0.5, 0.6) is 0 Å². The molecule has 1 aromatic carbocycles. The highest BCUT2D eigenvalue weighted by molar-refractivity contribution is 5.94. The first kappa shape index (κ1) is 12.9. The van der Waals surface area contributed by atoms with Crippen LogP contribution in [0.3, 0.4) is 0 Å². The van der Waals surface area contributed by atoms with Crippen molar-refractivity contribution in [1.29, 1.82) is 0 Å². The Kier molecular flexibility index (Phi) is 3.28. The van der Waals surface area contributed by atoms with Crippen LogP contribution in [0.15, 0.2) is 35.1 Å². The summed E-state index contributed by atoms with van der Waals surface area (Å²) in [5, 5.41) is 10.2. The number of carbonyl (C=O) groups is 1. The molecule has 1 aromatic heterocycles. The van der Waals surface area contributed by atoms with Crippen LogP contribution in [0, 0.1) is 0 Å². The minimum atomic E-state index is -0.472. The number of H-pyrrole nitrogens is 1. The van der Waals surface area contributed by atoms with Crippen LogP contribution in [0.25, 0.3) is 10.9 Å². The molecule has 0 saturated carbocycles. The van der Waals surface area contributed by atoms with Crippen molar-refractivity contribution in [2.45, 2.75) is 18.9 Å². The van der Waals surface area contributed by atoms with E-state index < -0.39 is 6.10 Å². The summed E-state index contributed by atoms with van der Waals surface area (Å²) in [6, 6.07) is 8.45. The standard InChI is InChI=1S/C15H16N2O3/c18-10-4-3-7-17(9-10)15(20)13-8-14(19)11-5-1-2-6-12(11)16-13/h1-2,5-6,8,10,18H,3-4,7,9H2,(H,16,19). The third-order valence-corrected chi connectivity index (χ3v) is 3.65. The normalized spacial score (nSPS) is 19.2. The van der Waals surface area contributed by atoms with Crippen molar-refractivity contribution in [2.24, 2.45) is 0 Å². The number of carbonyl (C=O) groups excluding carboxylic acids is 1. The average molecular weight is 272 g/mol. The largest absolute Gasteiger partial charge is 0.391 e. The minimum Gasteiger partial charge on any atom is -0.391 e. The Balaban J connectivity index is 1.97. The number of pyridine rings is 1. The van der Waals surface area contributed by atoms with E-state index in [-0.39, 0.29) is 17.0 Å². The van der Waals surface area contributed by atoms with Gasteiger partial charge in [-0.3, -0.25) is 9.59 Å². The lowest BCUT2D eigenvalue weighted by atomic mass is 10.1. The Hall–Kier alpha value is -2.14. The molecule has 1 aliphatic heterocycles. The van der Waals surface area contributed by atoms with Gasteiger partial charge < -0.3 is 15.0 Å². The van der Waals surface area contributed by atoms with Gasteiger partial charge in [0.25, 0.3) is 5.91 Å². The van der Waals surface area contributed by atoms with Crippen molar-refractivity contribution in [3.8, 4) is 0 Å². The fraction of sp³-hybridized carbons (Fsp3) is 0.333. The third kappa shape index (κ3) is 2.32. The van der Waals surface area contributed by atoms with E-state index in [2.05, 4.69) is 4.98 Å². The molecule has 1 saturated heterocycles. The number of amides is 1. The molecule has 5 heteroatoms. The van der Waals surface area contributed by atoms with Gasteiger partial charge in [0.1, 0.15) is 5.69 Å². The SMILES string of the molecule is O=C(c1cc(=O)c2ccccc2[nH]1)N1CCCC(O)C1. The van der Waals surface area contributed by atoms with Crippen LogP contribution in [-0.4, -0.2) is 40.1 Å². The number of hydrogen-bond donors (Lipinski definition) is 2. The Labute approximate surface area is 115 Å². The minimum absolute atomic E-state index is 0.166. The smallest absolute Gasteiger partial charge is 0.270 e. The van der Waals surface area contributed by atoms with Gasteiger partial charge in [0.15, 0.2) is 5.43 Å². The summed E-state index contributed by atoms with van der Waals surface area (Å²) < 4.78 is 0. The lowest BCUT2D eigenvalue weighted by Crippen LogP contribution is -2.42. The number of nitrogens with zero attached hydrogens (tertiary/aromatic N) is 1. The van der Waals surface area contributed by atoms with Crippen molar-refractivity contribution in [3.63, 3.8) is 0 Å². The molecule has 0 bridgehead atoms. The highest BCUT2D eigenvalue weighted by Gasteiger charge is 2.23. The molecule has 20 heavy (non-hydrogen) atoms. The molecule has 1 amide bonds. The number of fused-ring (bicyclic) bond motifs is 1. The first-order valence-electron chi connectivity index (χ1n) is 6.74. The van der Waals surface area contributed by atoms with Gasteiger partial charge in [0, 0.05) is 30.1 Å². The zero-order valence-corrected chi connectivity index (χ0v) is 11.0. The lowest BCUT2D eigenvalue weighted by Gasteiger charge is -2.30. The number of likely N-dealkylation sites (tertiary alicyclic amines) is 1. The first-order valence-corrected chi connectivity index (χ1v) is 6.74. The molecule has 2 aromatic rings. The summed E-state index contributed by atoms with van der Waals surface area (Å²) in [6.07, 6.45) is 1.03. The van der Waals surface area contributed by atoms with Crippen molar-refractivity contribution in [1.82, 2.24) is 9.88 Å². The number of aliphatic hydroxyl groups is 1. The summed E-state index contributed by atoms with van der Waals surface area (Å²) in [5.74, 6) is -0.230. The Morgan fingerprint density at radius 2 is 2.15 bits per heavy atom. The number of benzene rings is 1. The molecule has 104 valence electrons. The third-order valence-electron chi connectivity index (χ3n) is 3.65. The molecular formula is C15H16N2O3. The number of β-amino-alcohol motifs (C(OH)–C–C–N with tert-alkyl or cyclic N) is 1. The number of piperidine rings is 1. The van der Waals surface area contributed by atoms with Crippen LogP contribution in [0.1, 0.15) is 23.3 Å². The molecule has 1 fully saturated rings. The maximum atomic E-state index is 12.4. The monoisotopic (exact) mass is 272 g/mol. The highest BCUT2D eigenvalue weighted by Crippen LogP contribution is 2.14. The van der Waals surface area contributed by atoms with Gasteiger partial charge in [-0.1, -0.05) is 12.1 Å². The number of para-hydroxylation sites is 1. The van der Waals surface area contributed by atoms with Gasteiger partial charge in [-0.15, -0.1) is 0 Å². The summed E-state index contributed by atoms with van der Waals surface area (Å²) in [6.45, 7) is 0.943. The molecular weight excluding hydrogens is 256 g/mol. The fourth-order valence-corrected chi connectivity index (χ4v) is 2.62. The first-order chi connectivity index (χ1) is 9.65. The molecule has 1 atom stereocenters. The maximum absolute atomic E-state index is 12.4. The molecule has 0 spiro atoms. The number of rotatable bonds is 1. The van der Waals surface area contributed by atoms with E-state index in [0.717, 1.165) is 12.8 Å². The number of nitrogens with one attached hydrogen (secondary N) is 1. The molecule has 2 N–H and O–H groups in total. The Morgan fingerprint density at radius 1 is 1.35 bits per heavy atom. The van der Waals surface area contributed by atoms with Crippen LogP contribution in [-0.2, 0) is 0 Å². The topological polar surface area (TPSA) is 73.4 Å². The van der Waals surface area contributed by atoms with E-state index in [1.165, 1.54) is 6.07 Å². The molecule has 3 rings (SSSR count). The van der Waals surface area contributed by atoms with Crippen LogP contribution < -0.4 is 5.43 Å².